The lowest BCUT2D eigenvalue weighted by Crippen LogP contribution is -2.21. The molecule has 4 N–H and O–H groups in total. The molecular weight excluding hydrogens is 319 g/mol. The second-order valence-electron chi connectivity index (χ2n) is 3.89. The Morgan fingerprint density at radius 2 is 1.30 bits per heavy atom. The predicted molar refractivity (Wildman–Crippen MR) is 74.4 cm³/mol. The molecule has 0 unspecified atom stereocenters. The molecule has 0 saturated heterocycles. The predicted octanol–water partition coefficient (Wildman–Crippen LogP) is 0.487. The fraction of sp³-hybridized carbons (Fsp3) is 0. The van der Waals surface area contributed by atoms with Crippen molar-refractivity contribution in [2.45, 2.75) is 0 Å². The van der Waals surface area contributed by atoms with Crippen LogP contribution in [0.5, 0.6) is 11.5 Å². The Hall–Kier alpha value is -2.20. The number of rotatable bonds is 4. The van der Waals surface area contributed by atoms with Gasteiger partial charge in [-0.3, -0.25) is 0 Å². The van der Waals surface area contributed by atoms with Crippen LogP contribution in [0.3, 0.4) is 0 Å². The highest BCUT2D eigenvalue weighted by Crippen LogP contribution is 2.18. The number of hydrogen-bond donors (Lipinski definition) is 4. The Morgan fingerprint density at radius 3 is 1.83 bits per heavy atom. The van der Waals surface area contributed by atoms with Gasteiger partial charge in [-0.1, -0.05) is 6.07 Å². The monoisotopic (exact) mass is 330 g/mol. The Balaban J connectivity index is 0.000000231. The minimum atomic E-state index is -2.15. The van der Waals surface area contributed by atoms with E-state index >= 15 is 0 Å². The third-order valence-electron chi connectivity index (χ3n) is 2.20. The third kappa shape index (κ3) is 7.06. The minimum Gasteiger partial charge on any atom is -0.512 e. The summed E-state index contributed by atoms with van der Waals surface area (Å²) in [6.45, 7) is 0. The average molecular weight is 330 g/mol. The lowest BCUT2D eigenvalue weighted by molar-refractivity contribution is 0.279. The molecule has 11 heteroatoms. The van der Waals surface area contributed by atoms with Crippen LogP contribution in [0.25, 0.3) is 0 Å². The molecule has 2 aromatic carbocycles. The smallest absolute Gasteiger partial charge is 0.512 e. The molecule has 0 radical (unpaired) electrons. The van der Waals surface area contributed by atoms with Gasteiger partial charge in [0.1, 0.15) is 17.3 Å². The van der Waals surface area contributed by atoms with Crippen LogP contribution >= 0.6 is 0 Å². The molecule has 0 aliphatic carbocycles. The minimum absolute atomic E-state index is 0.210. The Morgan fingerprint density at radius 1 is 0.739 bits per heavy atom. The van der Waals surface area contributed by atoms with Gasteiger partial charge in [0.25, 0.3) is 0 Å². The van der Waals surface area contributed by atoms with Crippen molar-refractivity contribution in [3.8, 4) is 11.5 Å². The Labute approximate surface area is 129 Å². The first kappa shape index (κ1) is 18.8. The van der Waals surface area contributed by atoms with Crippen molar-refractivity contribution in [1.29, 1.82) is 0 Å². The van der Waals surface area contributed by atoms with Gasteiger partial charge in [-0.25, -0.2) is 8.78 Å². The molecule has 6 nitrogen and oxygen atoms in total. The molecule has 0 spiro atoms. The van der Waals surface area contributed by atoms with E-state index in [4.69, 9.17) is 20.1 Å². The van der Waals surface area contributed by atoms with Gasteiger partial charge in [-0.15, -0.1) is 0 Å². The van der Waals surface area contributed by atoms with E-state index in [9.17, 15) is 13.2 Å². The van der Waals surface area contributed by atoms with Crippen LogP contribution < -0.4 is 9.31 Å². The van der Waals surface area contributed by atoms with Gasteiger partial charge in [0.15, 0.2) is 11.6 Å². The van der Waals surface area contributed by atoms with E-state index in [1.807, 2.05) is 0 Å². The van der Waals surface area contributed by atoms with Crippen LogP contribution in [0.2, 0.25) is 0 Å². The zero-order chi connectivity index (χ0) is 17.4. The zero-order valence-electron chi connectivity index (χ0n) is 11.4. The topological polar surface area (TPSA) is 99.4 Å². The Kier molecular flexibility index (Phi) is 7.42. The highest BCUT2D eigenvalue weighted by molar-refractivity contribution is 6.34. The summed E-state index contributed by atoms with van der Waals surface area (Å²) < 4.78 is 45.8. The molecule has 0 aromatic heterocycles. The second-order valence-corrected chi connectivity index (χ2v) is 3.89. The van der Waals surface area contributed by atoms with E-state index in [2.05, 4.69) is 9.31 Å². The van der Waals surface area contributed by atoms with Crippen molar-refractivity contribution < 1.29 is 42.6 Å². The highest BCUT2D eigenvalue weighted by atomic mass is 19.2. The van der Waals surface area contributed by atoms with Crippen LogP contribution in [0.4, 0.5) is 13.2 Å². The van der Waals surface area contributed by atoms with E-state index < -0.39 is 37.8 Å². The largest absolute Gasteiger partial charge is 0.707 e. The molecule has 23 heavy (non-hydrogen) atoms. The average Bonchev–Trinajstić information content (AvgIpc) is 2.46. The van der Waals surface area contributed by atoms with Crippen LogP contribution in [0.15, 0.2) is 42.5 Å². The van der Waals surface area contributed by atoms with Crippen molar-refractivity contribution in [2.75, 3.05) is 0 Å². The van der Waals surface area contributed by atoms with Gasteiger partial charge in [-0.05, 0) is 36.4 Å². The molecule has 122 valence electrons. The molecule has 0 fully saturated rings. The summed E-state index contributed by atoms with van der Waals surface area (Å²) in [6, 6.07) is 8.10. The molecule has 0 amide bonds. The summed E-state index contributed by atoms with van der Waals surface area (Å²) >= 11 is 0. The summed E-state index contributed by atoms with van der Waals surface area (Å²) in [5.74, 6) is -3.07. The first-order valence-electron chi connectivity index (χ1n) is 6.04. The van der Waals surface area contributed by atoms with E-state index in [0.29, 0.717) is 0 Å². The van der Waals surface area contributed by atoms with Crippen LogP contribution in [0, 0.1) is 17.5 Å². The molecular formula is C12H11B2F3O6. The van der Waals surface area contributed by atoms with Crippen LogP contribution in [0.1, 0.15) is 0 Å². The molecule has 0 aliphatic rings. The first-order chi connectivity index (χ1) is 10.8. The quantitative estimate of drug-likeness (QED) is 0.609. The molecule has 0 aliphatic heterocycles. The van der Waals surface area contributed by atoms with Gasteiger partial charge in [0, 0.05) is 0 Å². The lowest BCUT2D eigenvalue weighted by atomic mass is 10.2. The van der Waals surface area contributed by atoms with E-state index in [0.717, 1.165) is 24.3 Å². The second kappa shape index (κ2) is 9.05. The van der Waals surface area contributed by atoms with Crippen LogP contribution in [-0.4, -0.2) is 34.7 Å². The van der Waals surface area contributed by atoms with Gasteiger partial charge in [0.2, 0.25) is 0 Å². The zero-order valence-corrected chi connectivity index (χ0v) is 11.4. The SMILES string of the molecule is OB(O)Oc1ccc(F)cc1.OB(O)Oc1cccc(F)c1F. The van der Waals surface area contributed by atoms with Crippen molar-refractivity contribution in [3.05, 3.63) is 59.9 Å². The summed E-state index contributed by atoms with van der Waals surface area (Å²) in [5.41, 5.74) is 0. The molecule has 0 atom stereocenters. The molecule has 0 bridgehead atoms. The standard InChI is InChI=1S/C6H5BF2O3.C6H6BFO3/c8-4-2-1-3-5(6(4)9)12-7(10)11;8-5-1-3-6(4-2-5)11-7(9)10/h1-3,10-11H;1-4,9-10H. The highest BCUT2D eigenvalue weighted by Gasteiger charge is 2.16. The van der Waals surface area contributed by atoms with Gasteiger partial charge in [-0.2, -0.15) is 4.39 Å². The molecule has 0 heterocycles. The van der Waals surface area contributed by atoms with E-state index in [1.54, 1.807) is 0 Å². The number of hydrogen-bond acceptors (Lipinski definition) is 6. The maximum Gasteiger partial charge on any atom is 0.707 e. The van der Waals surface area contributed by atoms with Gasteiger partial charge in [0.05, 0.1) is 0 Å². The normalized spacial score (nSPS) is 9.52. The Bertz CT molecular complexity index is 612. The van der Waals surface area contributed by atoms with Gasteiger partial charge >= 0.3 is 14.6 Å². The maximum absolute atomic E-state index is 12.6. The van der Waals surface area contributed by atoms with Crippen molar-refractivity contribution in [3.63, 3.8) is 0 Å². The number of benzene rings is 2. The van der Waals surface area contributed by atoms with Gasteiger partial charge < -0.3 is 29.4 Å². The fourth-order valence-corrected chi connectivity index (χ4v) is 1.32. The van der Waals surface area contributed by atoms with Crippen molar-refractivity contribution in [2.24, 2.45) is 0 Å². The lowest BCUT2D eigenvalue weighted by Gasteiger charge is -2.04. The maximum atomic E-state index is 12.6. The molecule has 2 rings (SSSR count). The van der Waals surface area contributed by atoms with Crippen molar-refractivity contribution >= 4 is 14.6 Å². The number of halogens is 3. The van der Waals surface area contributed by atoms with E-state index in [1.165, 1.54) is 18.2 Å². The summed E-state index contributed by atoms with van der Waals surface area (Å²) in [4.78, 5) is 0. The summed E-state index contributed by atoms with van der Waals surface area (Å²) in [5, 5.41) is 33.2. The van der Waals surface area contributed by atoms with E-state index in [-0.39, 0.29) is 5.75 Å². The van der Waals surface area contributed by atoms with Crippen LogP contribution in [-0.2, 0) is 0 Å². The fourth-order valence-electron chi connectivity index (χ4n) is 1.32. The molecule has 0 saturated carbocycles. The van der Waals surface area contributed by atoms with Crippen molar-refractivity contribution in [1.82, 2.24) is 0 Å². The third-order valence-corrected chi connectivity index (χ3v) is 2.20. The first-order valence-corrected chi connectivity index (χ1v) is 6.04. The summed E-state index contributed by atoms with van der Waals surface area (Å²) in [7, 11) is -4.01. The molecule has 2 aromatic rings. The summed E-state index contributed by atoms with van der Waals surface area (Å²) in [6.07, 6.45) is 0.